The molecule has 0 atom stereocenters. The third-order valence-corrected chi connectivity index (χ3v) is 2.85. The molecule has 0 aliphatic heterocycles. The van der Waals surface area contributed by atoms with Crippen LogP contribution in [0, 0.1) is 0 Å². The number of hydrogen-bond donors (Lipinski definition) is 1. The molecule has 0 radical (unpaired) electrons. The van der Waals surface area contributed by atoms with Crippen LogP contribution in [0.2, 0.25) is 0 Å². The lowest BCUT2D eigenvalue weighted by molar-refractivity contribution is 0.332. The van der Waals surface area contributed by atoms with Gasteiger partial charge in [-0.15, -0.1) is 0 Å². The van der Waals surface area contributed by atoms with Gasteiger partial charge in [0.15, 0.2) is 0 Å². The number of halogens is 1. The lowest BCUT2D eigenvalue weighted by Crippen LogP contribution is -2.13. The van der Waals surface area contributed by atoms with E-state index in [1.807, 2.05) is 30.3 Å². The molecule has 0 saturated carbocycles. The lowest BCUT2D eigenvalue weighted by Gasteiger charge is -2.08. The maximum Gasteiger partial charge on any atom is 0.232 e. The van der Waals surface area contributed by atoms with Gasteiger partial charge in [0.1, 0.15) is 12.4 Å². The third kappa shape index (κ3) is 4.10. The Morgan fingerprint density at radius 3 is 2.79 bits per heavy atom. The topological polar surface area (TPSA) is 56.3 Å². The summed E-state index contributed by atoms with van der Waals surface area (Å²) in [5, 5.41) is 3.07. The first kappa shape index (κ1) is 13.6. The van der Waals surface area contributed by atoms with Crippen molar-refractivity contribution in [2.24, 2.45) is 0 Å². The molecule has 1 heterocycles. The zero-order valence-electron chi connectivity index (χ0n) is 10.5. The molecule has 2 aromatic rings. The van der Waals surface area contributed by atoms with E-state index in [1.165, 1.54) is 0 Å². The van der Waals surface area contributed by atoms with Crippen molar-refractivity contribution in [2.45, 2.75) is 0 Å². The smallest absolute Gasteiger partial charge is 0.232 e. The number of nitrogens with one attached hydrogen (secondary N) is 1. The molecule has 19 heavy (non-hydrogen) atoms. The fraction of sp³-hybridized carbons (Fsp3) is 0.231. The summed E-state index contributed by atoms with van der Waals surface area (Å²) in [5.74, 6) is 1.86. The highest BCUT2D eigenvalue weighted by molar-refractivity contribution is 9.10. The fourth-order valence-corrected chi connectivity index (χ4v) is 1.78. The van der Waals surface area contributed by atoms with E-state index >= 15 is 0 Å². The molecule has 0 fully saturated rings. The van der Waals surface area contributed by atoms with E-state index in [1.54, 1.807) is 13.3 Å². The number of methoxy groups -OCH3 is 1. The van der Waals surface area contributed by atoms with Crippen molar-refractivity contribution >= 4 is 21.9 Å². The molecule has 0 spiro atoms. The standard InChI is InChI=1S/C13H14BrN3O2/c1-18-12-11(14)9-16-13(17-12)15-7-8-19-10-5-3-2-4-6-10/h2-6,9H,7-8H2,1H3,(H,15,16,17). The average molecular weight is 324 g/mol. The van der Waals surface area contributed by atoms with E-state index in [0.29, 0.717) is 25.0 Å². The highest BCUT2D eigenvalue weighted by atomic mass is 79.9. The molecule has 0 saturated heterocycles. The van der Waals surface area contributed by atoms with Crippen LogP contribution in [0.1, 0.15) is 0 Å². The first-order valence-corrected chi connectivity index (χ1v) is 6.57. The van der Waals surface area contributed by atoms with Gasteiger partial charge in [-0.3, -0.25) is 0 Å². The minimum absolute atomic E-state index is 0.501. The quantitative estimate of drug-likeness (QED) is 0.828. The summed E-state index contributed by atoms with van der Waals surface area (Å²) in [7, 11) is 1.56. The monoisotopic (exact) mass is 323 g/mol. The van der Waals surface area contributed by atoms with Crippen molar-refractivity contribution in [3.8, 4) is 11.6 Å². The first-order valence-electron chi connectivity index (χ1n) is 5.78. The molecule has 0 aliphatic rings. The molecule has 0 amide bonds. The number of para-hydroxylation sites is 1. The van der Waals surface area contributed by atoms with Gasteiger partial charge in [-0.25, -0.2) is 4.98 Å². The summed E-state index contributed by atoms with van der Waals surface area (Å²) < 4.78 is 11.4. The number of aromatic nitrogens is 2. The van der Waals surface area contributed by atoms with Crippen LogP contribution in [-0.2, 0) is 0 Å². The van der Waals surface area contributed by atoms with Crippen LogP contribution in [0.3, 0.4) is 0 Å². The summed E-state index contributed by atoms with van der Waals surface area (Å²) in [6, 6.07) is 9.66. The highest BCUT2D eigenvalue weighted by Gasteiger charge is 2.04. The van der Waals surface area contributed by atoms with Crippen LogP contribution in [0.25, 0.3) is 0 Å². The van der Waals surface area contributed by atoms with Gasteiger partial charge in [0.05, 0.1) is 24.3 Å². The highest BCUT2D eigenvalue weighted by Crippen LogP contribution is 2.21. The molecule has 6 heteroatoms. The van der Waals surface area contributed by atoms with Crippen LogP contribution < -0.4 is 14.8 Å². The van der Waals surface area contributed by atoms with E-state index in [-0.39, 0.29) is 0 Å². The van der Waals surface area contributed by atoms with Crippen molar-refractivity contribution in [3.63, 3.8) is 0 Å². The Morgan fingerprint density at radius 2 is 2.05 bits per heavy atom. The Hall–Kier alpha value is -1.82. The minimum Gasteiger partial charge on any atom is -0.492 e. The molecule has 1 aromatic carbocycles. The normalized spacial score (nSPS) is 10.0. The SMILES string of the molecule is COc1nc(NCCOc2ccccc2)ncc1Br. The average Bonchev–Trinajstić information content (AvgIpc) is 2.46. The Balaban J connectivity index is 1.80. The predicted molar refractivity (Wildman–Crippen MR) is 76.7 cm³/mol. The number of rotatable bonds is 6. The maximum absolute atomic E-state index is 5.55. The number of nitrogens with zero attached hydrogens (tertiary/aromatic N) is 2. The molecular weight excluding hydrogens is 310 g/mol. The second kappa shape index (κ2) is 6.94. The molecule has 0 unspecified atom stereocenters. The zero-order valence-corrected chi connectivity index (χ0v) is 12.1. The number of hydrogen-bond acceptors (Lipinski definition) is 5. The van der Waals surface area contributed by atoms with E-state index in [2.05, 4.69) is 31.2 Å². The van der Waals surface area contributed by atoms with Crippen LogP contribution in [0.4, 0.5) is 5.95 Å². The van der Waals surface area contributed by atoms with Crippen molar-refractivity contribution in [1.82, 2.24) is 9.97 Å². The fourth-order valence-electron chi connectivity index (χ4n) is 1.43. The minimum atomic E-state index is 0.501. The maximum atomic E-state index is 5.55. The molecule has 2 rings (SSSR count). The van der Waals surface area contributed by atoms with Crippen molar-refractivity contribution in [2.75, 3.05) is 25.6 Å². The van der Waals surface area contributed by atoms with Gasteiger partial charge in [0.25, 0.3) is 0 Å². The number of benzene rings is 1. The second-order valence-corrected chi connectivity index (χ2v) is 4.49. The Kier molecular flexibility index (Phi) is 4.97. The summed E-state index contributed by atoms with van der Waals surface area (Å²) >= 11 is 3.30. The van der Waals surface area contributed by atoms with Crippen LogP contribution in [-0.4, -0.2) is 30.2 Å². The van der Waals surface area contributed by atoms with E-state index in [9.17, 15) is 0 Å². The summed E-state index contributed by atoms with van der Waals surface area (Å²) in [4.78, 5) is 8.32. The number of ether oxygens (including phenoxy) is 2. The van der Waals surface area contributed by atoms with Crippen molar-refractivity contribution in [1.29, 1.82) is 0 Å². The van der Waals surface area contributed by atoms with E-state index in [4.69, 9.17) is 9.47 Å². The molecular formula is C13H14BrN3O2. The third-order valence-electron chi connectivity index (χ3n) is 2.30. The summed E-state index contributed by atoms with van der Waals surface area (Å²) in [6.45, 7) is 1.14. The Bertz CT molecular complexity index is 523. The van der Waals surface area contributed by atoms with Crippen LogP contribution in [0.5, 0.6) is 11.6 Å². The molecule has 100 valence electrons. The largest absolute Gasteiger partial charge is 0.492 e. The zero-order chi connectivity index (χ0) is 13.5. The second-order valence-electron chi connectivity index (χ2n) is 3.64. The summed E-state index contributed by atoms with van der Waals surface area (Å²) in [5.41, 5.74) is 0. The van der Waals surface area contributed by atoms with Gasteiger partial charge in [0, 0.05) is 0 Å². The first-order chi connectivity index (χ1) is 9.29. The van der Waals surface area contributed by atoms with Crippen molar-refractivity contribution in [3.05, 3.63) is 41.0 Å². The molecule has 1 N–H and O–H groups in total. The predicted octanol–water partition coefficient (Wildman–Crippen LogP) is 2.74. The van der Waals surface area contributed by atoms with Gasteiger partial charge in [0.2, 0.25) is 11.8 Å². The molecule has 0 aliphatic carbocycles. The van der Waals surface area contributed by atoms with Crippen LogP contribution in [0.15, 0.2) is 41.0 Å². The van der Waals surface area contributed by atoms with E-state index < -0.39 is 0 Å². The van der Waals surface area contributed by atoms with Gasteiger partial charge in [-0.1, -0.05) is 18.2 Å². The van der Waals surface area contributed by atoms with Gasteiger partial charge in [-0.05, 0) is 28.1 Å². The van der Waals surface area contributed by atoms with Crippen LogP contribution >= 0.6 is 15.9 Å². The van der Waals surface area contributed by atoms with Gasteiger partial charge < -0.3 is 14.8 Å². The van der Waals surface area contributed by atoms with Gasteiger partial charge >= 0.3 is 0 Å². The van der Waals surface area contributed by atoms with E-state index in [0.717, 1.165) is 10.2 Å². The molecule has 0 bridgehead atoms. The van der Waals surface area contributed by atoms with Gasteiger partial charge in [-0.2, -0.15) is 4.98 Å². The summed E-state index contributed by atoms with van der Waals surface area (Å²) in [6.07, 6.45) is 1.65. The Labute approximate surface area is 120 Å². The molecule has 1 aromatic heterocycles. The molecule has 5 nitrogen and oxygen atoms in total. The number of anilines is 1. The lowest BCUT2D eigenvalue weighted by atomic mass is 10.3. The van der Waals surface area contributed by atoms with Crippen molar-refractivity contribution < 1.29 is 9.47 Å². The Morgan fingerprint density at radius 1 is 1.26 bits per heavy atom.